The van der Waals surface area contributed by atoms with Crippen LogP contribution >= 0.6 is 0 Å². The van der Waals surface area contributed by atoms with Gasteiger partial charge in [0, 0.05) is 12.5 Å². The molecule has 1 saturated heterocycles. The largest absolute Gasteiger partial charge is 0.492 e. The maximum absolute atomic E-state index is 12.8. The number of carbonyl (C=O) groups is 1. The van der Waals surface area contributed by atoms with Crippen molar-refractivity contribution in [3.8, 4) is 5.75 Å². The Morgan fingerprint density at radius 2 is 2.30 bits per heavy atom. The lowest BCUT2D eigenvalue weighted by atomic mass is 9.91. The minimum absolute atomic E-state index is 0.0998. The minimum Gasteiger partial charge on any atom is -0.492 e. The van der Waals surface area contributed by atoms with Crippen LogP contribution in [0.2, 0.25) is 0 Å². The second-order valence-corrected chi connectivity index (χ2v) is 5.46. The lowest BCUT2D eigenvalue weighted by molar-refractivity contribution is 0.0888. The van der Waals surface area contributed by atoms with Crippen molar-refractivity contribution >= 4 is 5.78 Å². The van der Waals surface area contributed by atoms with E-state index >= 15 is 0 Å². The molecule has 0 radical (unpaired) electrons. The smallest absolute Gasteiger partial charge is 0.173 e. The zero-order valence-corrected chi connectivity index (χ0v) is 11.9. The normalized spacial score (nSPS) is 24.4. The van der Waals surface area contributed by atoms with Crippen LogP contribution in [-0.2, 0) is 11.2 Å². The van der Waals surface area contributed by atoms with Gasteiger partial charge in [-0.25, -0.2) is 0 Å². The Hall–Kier alpha value is -1.39. The lowest BCUT2D eigenvalue weighted by Crippen LogP contribution is -2.39. The highest BCUT2D eigenvalue weighted by Crippen LogP contribution is 2.32. The first-order valence-electron chi connectivity index (χ1n) is 7.41. The quantitative estimate of drug-likeness (QED) is 0.833. The number of carbonyl (C=O) groups excluding carboxylic acids is 1. The minimum atomic E-state index is -0.0998. The molecule has 2 aliphatic heterocycles. The van der Waals surface area contributed by atoms with E-state index in [4.69, 9.17) is 9.47 Å². The molecule has 1 aromatic rings. The van der Waals surface area contributed by atoms with Crippen LogP contribution in [0.25, 0.3) is 0 Å². The molecule has 2 aliphatic rings. The molecular formula is C16H21NO3. The van der Waals surface area contributed by atoms with Crippen molar-refractivity contribution < 1.29 is 14.3 Å². The molecule has 0 amide bonds. The first-order valence-corrected chi connectivity index (χ1v) is 7.41. The molecule has 1 fully saturated rings. The van der Waals surface area contributed by atoms with Gasteiger partial charge in [0.15, 0.2) is 5.78 Å². The van der Waals surface area contributed by atoms with Crippen LogP contribution in [0.4, 0.5) is 0 Å². The van der Waals surface area contributed by atoms with E-state index in [0.29, 0.717) is 19.8 Å². The second-order valence-electron chi connectivity index (χ2n) is 5.46. The Labute approximate surface area is 119 Å². The third-order valence-electron chi connectivity index (χ3n) is 4.05. The summed E-state index contributed by atoms with van der Waals surface area (Å²) in [5.41, 5.74) is 1.87. The number of benzene rings is 1. The highest BCUT2D eigenvalue weighted by atomic mass is 16.5. The van der Waals surface area contributed by atoms with Crippen molar-refractivity contribution in [3.05, 3.63) is 29.3 Å². The van der Waals surface area contributed by atoms with Gasteiger partial charge in [-0.1, -0.05) is 19.1 Å². The Kier molecular flexibility index (Phi) is 4.03. The van der Waals surface area contributed by atoms with Gasteiger partial charge in [-0.2, -0.15) is 0 Å². The molecule has 3 rings (SSSR count). The van der Waals surface area contributed by atoms with Crippen LogP contribution in [0.5, 0.6) is 5.75 Å². The monoisotopic (exact) mass is 275 g/mol. The van der Waals surface area contributed by atoms with E-state index in [1.807, 2.05) is 18.2 Å². The number of para-hydroxylation sites is 1. The van der Waals surface area contributed by atoms with Crippen LogP contribution in [-0.4, -0.2) is 38.2 Å². The fourth-order valence-corrected chi connectivity index (χ4v) is 2.95. The predicted molar refractivity (Wildman–Crippen MR) is 76.4 cm³/mol. The van der Waals surface area contributed by atoms with E-state index in [9.17, 15) is 4.79 Å². The molecule has 1 aromatic carbocycles. The van der Waals surface area contributed by atoms with Crippen LogP contribution in [0.15, 0.2) is 18.2 Å². The van der Waals surface area contributed by atoms with Gasteiger partial charge in [-0.3, -0.25) is 4.79 Å². The van der Waals surface area contributed by atoms with Crippen molar-refractivity contribution in [2.45, 2.75) is 25.8 Å². The lowest BCUT2D eigenvalue weighted by Gasteiger charge is -2.18. The second kappa shape index (κ2) is 5.94. The Balaban J connectivity index is 1.80. The molecule has 4 heteroatoms. The molecule has 0 bridgehead atoms. The van der Waals surface area contributed by atoms with E-state index in [0.717, 1.165) is 36.3 Å². The van der Waals surface area contributed by atoms with Gasteiger partial charge in [0.1, 0.15) is 5.75 Å². The van der Waals surface area contributed by atoms with Gasteiger partial charge in [-0.05, 0) is 24.6 Å². The molecule has 108 valence electrons. The van der Waals surface area contributed by atoms with Gasteiger partial charge in [0.05, 0.1) is 31.3 Å². The zero-order valence-electron chi connectivity index (χ0n) is 11.9. The number of ketones is 1. The number of fused-ring (bicyclic) bond motifs is 1. The van der Waals surface area contributed by atoms with E-state index < -0.39 is 0 Å². The highest BCUT2D eigenvalue weighted by molar-refractivity contribution is 6.01. The molecule has 0 saturated carbocycles. The summed E-state index contributed by atoms with van der Waals surface area (Å²) in [6, 6.07) is 5.99. The van der Waals surface area contributed by atoms with E-state index in [1.54, 1.807) is 0 Å². The molecule has 0 aromatic heterocycles. The van der Waals surface area contributed by atoms with Crippen molar-refractivity contribution in [1.29, 1.82) is 0 Å². The zero-order chi connectivity index (χ0) is 13.9. The molecule has 0 spiro atoms. The number of ether oxygens (including phenoxy) is 2. The molecule has 4 nitrogen and oxygen atoms in total. The third-order valence-corrected chi connectivity index (χ3v) is 4.05. The van der Waals surface area contributed by atoms with Crippen LogP contribution in [0.3, 0.4) is 0 Å². The van der Waals surface area contributed by atoms with Gasteiger partial charge >= 0.3 is 0 Å². The summed E-state index contributed by atoms with van der Waals surface area (Å²) in [6.07, 6.45) is 1.95. The first-order chi connectivity index (χ1) is 9.81. The van der Waals surface area contributed by atoms with Crippen molar-refractivity contribution in [2.24, 2.45) is 5.92 Å². The van der Waals surface area contributed by atoms with Crippen molar-refractivity contribution in [2.75, 3.05) is 26.4 Å². The van der Waals surface area contributed by atoms with Gasteiger partial charge in [0.25, 0.3) is 0 Å². The summed E-state index contributed by atoms with van der Waals surface area (Å²) in [4.78, 5) is 12.8. The Morgan fingerprint density at radius 3 is 3.15 bits per heavy atom. The molecule has 2 unspecified atom stereocenters. The number of nitrogens with one attached hydrogen (secondary N) is 1. The SMILES string of the molecule is CCCNC1COCC1C(=O)c1cccc2c1OCC2. The summed E-state index contributed by atoms with van der Waals surface area (Å²) in [5.74, 6) is 0.839. The maximum Gasteiger partial charge on any atom is 0.173 e. The van der Waals surface area contributed by atoms with E-state index in [1.165, 1.54) is 0 Å². The number of rotatable bonds is 5. The van der Waals surface area contributed by atoms with E-state index in [-0.39, 0.29) is 17.7 Å². The van der Waals surface area contributed by atoms with Crippen LogP contribution in [0, 0.1) is 5.92 Å². The molecule has 0 aliphatic carbocycles. The fourth-order valence-electron chi connectivity index (χ4n) is 2.95. The summed E-state index contributed by atoms with van der Waals surface area (Å²) < 4.78 is 11.1. The van der Waals surface area contributed by atoms with Crippen molar-refractivity contribution in [3.63, 3.8) is 0 Å². The molecule has 1 N–H and O–H groups in total. The fraction of sp³-hybridized carbons (Fsp3) is 0.562. The van der Waals surface area contributed by atoms with Crippen molar-refractivity contribution in [1.82, 2.24) is 5.32 Å². The molecular weight excluding hydrogens is 254 g/mol. The number of hydrogen-bond donors (Lipinski definition) is 1. The predicted octanol–water partition coefficient (Wildman–Crippen LogP) is 1.82. The van der Waals surface area contributed by atoms with E-state index in [2.05, 4.69) is 12.2 Å². The standard InChI is InChI=1S/C16H21NO3/c1-2-7-17-14-10-19-9-13(14)15(18)12-5-3-4-11-6-8-20-16(11)12/h3-5,13-14,17H,2,6-10H2,1H3. The average molecular weight is 275 g/mol. The van der Waals surface area contributed by atoms with Crippen LogP contribution < -0.4 is 10.1 Å². The highest BCUT2D eigenvalue weighted by Gasteiger charge is 2.36. The summed E-state index contributed by atoms with van der Waals surface area (Å²) >= 11 is 0. The molecule has 2 atom stereocenters. The number of Topliss-reactive ketones (excluding diaryl/α,β-unsaturated/α-hetero) is 1. The van der Waals surface area contributed by atoms with Crippen LogP contribution in [0.1, 0.15) is 29.3 Å². The topological polar surface area (TPSA) is 47.6 Å². The third kappa shape index (κ3) is 2.45. The summed E-state index contributed by atoms with van der Waals surface area (Å²) in [7, 11) is 0. The maximum atomic E-state index is 12.8. The van der Waals surface area contributed by atoms with Gasteiger partial charge in [-0.15, -0.1) is 0 Å². The molecule has 2 heterocycles. The summed E-state index contributed by atoms with van der Waals surface area (Å²) in [6.45, 7) is 4.84. The summed E-state index contributed by atoms with van der Waals surface area (Å²) in [5, 5.41) is 3.41. The van der Waals surface area contributed by atoms with Gasteiger partial charge in [0.2, 0.25) is 0 Å². The average Bonchev–Trinajstić information content (AvgIpc) is 3.12. The molecule has 20 heavy (non-hydrogen) atoms. The number of hydrogen-bond acceptors (Lipinski definition) is 4. The Morgan fingerprint density at radius 1 is 1.40 bits per heavy atom. The Bertz CT molecular complexity index is 500. The van der Waals surface area contributed by atoms with Gasteiger partial charge < -0.3 is 14.8 Å². The first kappa shape index (κ1) is 13.6.